The SMILES string of the molecule is CNc1cc(C(=O)NCC2(SC)CCC2)cc(C)n1. The van der Waals surface area contributed by atoms with Crippen LogP contribution in [0.5, 0.6) is 0 Å². The molecular formula is C14H21N3OS. The number of rotatable bonds is 5. The Morgan fingerprint density at radius 2 is 2.21 bits per heavy atom. The van der Waals surface area contributed by atoms with E-state index in [-0.39, 0.29) is 10.7 Å². The molecule has 0 unspecified atom stereocenters. The molecule has 2 N–H and O–H groups in total. The summed E-state index contributed by atoms with van der Waals surface area (Å²) in [5.41, 5.74) is 1.52. The number of pyridine rings is 1. The number of aromatic nitrogens is 1. The fourth-order valence-corrected chi connectivity index (χ4v) is 3.21. The number of hydrogen-bond donors (Lipinski definition) is 2. The van der Waals surface area contributed by atoms with Crippen molar-refractivity contribution in [3.05, 3.63) is 23.4 Å². The Morgan fingerprint density at radius 1 is 1.47 bits per heavy atom. The maximum absolute atomic E-state index is 12.2. The van der Waals surface area contributed by atoms with Crippen molar-refractivity contribution in [1.82, 2.24) is 10.3 Å². The molecule has 1 saturated carbocycles. The standard InChI is InChI=1S/C14H21N3OS/c1-10-7-11(8-12(15-2)17-10)13(18)16-9-14(19-3)5-4-6-14/h7-8H,4-6,9H2,1-3H3,(H,15,17)(H,16,18). The number of carbonyl (C=O) groups is 1. The van der Waals surface area contributed by atoms with Gasteiger partial charge < -0.3 is 10.6 Å². The van der Waals surface area contributed by atoms with E-state index < -0.39 is 0 Å². The molecule has 0 bridgehead atoms. The highest BCUT2D eigenvalue weighted by molar-refractivity contribution is 8.00. The van der Waals surface area contributed by atoms with Gasteiger partial charge in [0.25, 0.3) is 5.91 Å². The minimum absolute atomic E-state index is 0.0117. The number of carbonyl (C=O) groups excluding carboxylic acids is 1. The van der Waals surface area contributed by atoms with Gasteiger partial charge in [0, 0.05) is 29.6 Å². The highest BCUT2D eigenvalue weighted by atomic mass is 32.2. The topological polar surface area (TPSA) is 54.0 Å². The molecule has 1 fully saturated rings. The lowest BCUT2D eigenvalue weighted by molar-refractivity contribution is 0.0943. The number of hydrogen-bond acceptors (Lipinski definition) is 4. The third-order valence-corrected chi connectivity index (χ3v) is 5.16. The van der Waals surface area contributed by atoms with Gasteiger partial charge in [0.1, 0.15) is 5.82 Å². The molecule has 1 aliphatic carbocycles. The van der Waals surface area contributed by atoms with Gasteiger partial charge in [-0.2, -0.15) is 11.8 Å². The number of nitrogens with one attached hydrogen (secondary N) is 2. The molecule has 1 aromatic rings. The van der Waals surface area contributed by atoms with Crippen LogP contribution < -0.4 is 10.6 Å². The lowest BCUT2D eigenvalue weighted by Crippen LogP contribution is -2.45. The Morgan fingerprint density at radius 3 is 2.74 bits per heavy atom. The second-order valence-electron chi connectivity index (χ2n) is 5.06. The second kappa shape index (κ2) is 5.82. The van der Waals surface area contributed by atoms with Crippen LogP contribution in [0.4, 0.5) is 5.82 Å². The number of aryl methyl sites for hydroxylation is 1. The number of anilines is 1. The summed E-state index contributed by atoms with van der Waals surface area (Å²) in [6, 6.07) is 3.61. The molecule has 1 amide bonds. The summed E-state index contributed by atoms with van der Waals surface area (Å²) in [5, 5.41) is 6.03. The van der Waals surface area contributed by atoms with Crippen molar-refractivity contribution in [3.63, 3.8) is 0 Å². The number of nitrogens with zero attached hydrogens (tertiary/aromatic N) is 1. The molecule has 19 heavy (non-hydrogen) atoms. The molecule has 104 valence electrons. The van der Waals surface area contributed by atoms with Crippen LogP contribution in [0.3, 0.4) is 0 Å². The third-order valence-electron chi connectivity index (χ3n) is 3.74. The smallest absolute Gasteiger partial charge is 0.251 e. The highest BCUT2D eigenvalue weighted by Gasteiger charge is 2.36. The van der Waals surface area contributed by atoms with E-state index in [2.05, 4.69) is 21.9 Å². The van der Waals surface area contributed by atoms with E-state index in [1.54, 1.807) is 13.1 Å². The molecule has 5 heteroatoms. The summed E-state index contributed by atoms with van der Waals surface area (Å²) in [5.74, 6) is 0.718. The van der Waals surface area contributed by atoms with Crippen molar-refractivity contribution in [2.75, 3.05) is 25.2 Å². The van der Waals surface area contributed by atoms with E-state index in [9.17, 15) is 4.79 Å². The Labute approximate surface area is 118 Å². The van der Waals surface area contributed by atoms with Crippen molar-refractivity contribution >= 4 is 23.5 Å². The average molecular weight is 279 g/mol. The van der Waals surface area contributed by atoms with Crippen LogP contribution in [0.2, 0.25) is 0 Å². The molecule has 0 aromatic carbocycles. The van der Waals surface area contributed by atoms with Gasteiger partial charge in [-0.25, -0.2) is 4.98 Å². The lowest BCUT2D eigenvalue weighted by atomic mass is 9.84. The van der Waals surface area contributed by atoms with Gasteiger partial charge in [-0.1, -0.05) is 6.42 Å². The predicted octanol–water partition coefficient (Wildman–Crippen LogP) is 2.45. The molecule has 1 aromatic heterocycles. The zero-order chi connectivity index (χ0) is 13.9. The van der Waals surface area contributed by atoms with E-state index in [1.807, 2.05) is 24.8 Å². The summed E-state index contributed by atoms with van der Waals surface area (Å²) < 4.78 is 0.267. The average Bonchev–Trinajstić information content (AvgIpc) is 2.37. The van der Waals surface area contributed by atoms with E-state index in [4.69, 9.17) is 0 Å². The first-order valence-corrected chi connectivity index (χ1v) is 7.81. The molecule has 0 radical (unpaired) electrons. The van der Waals surface area contributed by atoms with E-state index in [0.717, 1.165) is 18.1 Å². The van der Waals surface area contributed by atoms with Gasteiger partial charge in [-0.15, -0.1) is 0 Å². The predicted molar refractivity (Wildman–Crippen MR) is 81.0 cm³/mol. The van der Waals surface area contributed by atoms with Gasteiger partial charge >= 0.3 is 0 Å². The summed E-state index contributed by atoms with van der Waals surface area (Å²) in [4.78, 5) is 16.5. The van der Waals surface area contributed by atoms with Crippen molar-refractivity contribution in [3.8, 4) is 0 Å². The van der Waals surface area contributed by atoms with Gasteiger partial charge in [0.05, 0.1) is 0 Å². The Balaban J connectivity index is 2.01. The minimum Gasteiger partial charge on any atom is -0.373 e. The molecule has 1 heterocycles. The Kier molecular flexibility index (Phi) is 4.34. The largest absolute Gasteiger partial charge is 0.373 e. The Bertz CT molecular complexity index is 466. The molecule has 4 nitrogen and oxygen atoms in total. The van der Waals surface area contributed by atoms with Crippen LogP contribution in [0.15, 0.2) is 12.1 Å². The van der Waals surface area contributed by atoms with Crippen LogP contribution in [0, 0.1) is 6.92 Å². The van der Waals surface area contributed by atoms with Crippen LogP contribution in [-0.2, 0) is 0 Å². The quantitative estimate of drug-likeness (QED) is 0.869. The molecule has 0 aliphatic heterocycles. The first-order chi connectivity index (χ1) is 9.08. The normalized spacial score (nSPS) is 16.6. The zero-order valence-electron chi connectivity index (χ0n) is 11.7. The van der Waals surface area contributed by atoms with E-state index >= 15 is 0 Å². The fraction of sp³-hybridized carbons (Fsp3) is 0.571. The van der Waals surface area contributed by atoms with Gasteiger partial charge in [-0.05, 0) is 38.2 Å². The summed E-state index contributed by atoms with van der Waals surface area (Å²) >= 11 is 1.87. The minimum atomic E-state index is -0.0117. The van der Waals surface area contributed by atoms with Crippen molar-refractivity contribution in [1.29, 1.82) is 0 Å². The number of thioether (sulfide) groups is 1. The molecular weight excluding hydrogens is 258 g/mol. The van der Waals surface area contributed by atoms with Gasteiger partial charge in [0.15, 0.2) is 0 Å². The Hall–Kier alpha value is -1.23. The van der Waals surface area contributed by atoms with Crippen LogP contribution in [0.25, 0.3) is 0 Å². The maximum Gasteiger partial charge on any atom is 0.251 e. The molecule has 0 atom stereocenters. The fourth-order valence-electron chi connectivity index (χ4n) is 2.30. The van der Waals surface area contributed by atoms with Gasteiger partial charge in [0.2, 0.25) is 0 Å². The highest BCUT2D eigenvalue weighted by Crippen LogP contribution is 2.42. The van der Waals surface area contributed by atoms with E-state index in [1.165, 1.54) is 19.3 Å². The van der Waals surface area contributed by atoms with Crippen molar-refractivity contribution in [2.24, 2.45) is 0 Å². The molecule has 0 spiro atoms. The first-order valence-electron chi connectivity index (χ1n) is 6.58. The molecule has 2 rings (SSSR count). The van der Waals surface area contributed by atoms with Crippen LogP contribution in [-0.4, -0.2) is 35.5 Å². The molecule has 1 aliphatic rings. The summed E-state index contributed by atoms with van der Waals surface area (Å²) in [6.07, 6.45) is 5.80. The summed E-state index contributed by atoms with van der Waals surface area (Å²) in [6.45, 7) is 2.65. The first kappa shape index (κ1) is 14.2. The lowest BCUT2D eigenvalue weighted by Gasteiger charge is -2.40. The van der Waals surface area contributed by atoms with Gasteiger partial charge in [-0.3, -0.25) is 4.79 Å². The monoisotopic (exact) mass is 279 g/mol. The number of amides is 1. The zero-order valence-corrected chi connectivity index (χ0v) is 12.6. The van der Waals surface area contributed by atoms with Crippen LogP contribution >= 0.6 is 11.8 Å². The molecule has 0 saturated heterocycles. The second-order valence-corrected chi connectivity index (χ2v) is 6.33. The third kappa shape index (κ3) is 3.21. The summed E-state index contributed by atoms with van der Waals surface area (Å²) in [7, 11) is 1.81. The van der Waals surface area contributed by atoms with Crippen molar-refractivity contribution < 1.29 is 4.79 Å². The van der Waals surface area contributed by atoms with Crippen molar-refractivity contribution in [2.45, 2.75) is 30.9 Å². The van der Waals surface area contributed by atoms with E-state index in [0.29, 0.717) is 5.56 Å². The van der Waals surface area contributed by atoms with Crippen LogP contribution in [0.1, 0.15) is 35.3 Å². The maximum atomic E-state index is 12.2.